The Morgan fingerprint density at radius 1 is 1.12 bits per heavy atom. The van der Waals surface area contributed by atoms with Gasteiger partial charge in [0, 0.05) is 6.04 Å². The van der Waals surface area contributed by atoms with E-state index in [1.807, 2.05) is 0 Å². The van der Waals surface area contributed by atoms with Gasteiger partial charge in [-0.2, -0.15) is 0 Å². The van der Waals surface area contributed by atoms with E-state index in [9.17, 15) is 0 Å². The molecular formula is C4H14N4. The van der Waals surface area contributed by atoms with Crippen molar-refractivity contribution in [1.29, 1.82) is 0 Å². The normalized spacial score (nSPS) is 14.6. The zero-order chi connectivity index (χ0) is 6.57. The van der Waals surface area contributed by atoms with Crippen LogP contribution in [0.1, 0.15) is 6.42 Å². The highest BCUT2D eigenvalue weighted by atomic mass is 14.9. The predicted molar refractivity (Wildman–Crippen MR) is 33.8 cm³/mol. The van der Waals surface area contributed by atoms with Crippen molar-refractivity contribution in [2.45, 2.75) is 18.6 Å². The molecule has 0 aliphatic heterocycles. The molecule has 8 heavy (non-hydrogen) atoms. The van der Waals surface area contributed by atoms with Gasteiger partial charge in [0.25, 0.3) is 0 Å². The van der Waals surface area contributed by atoms with Crippen molar-refractivity contribution in [3.63, 3.8) is 0 Å². The van der Waals surface area contributed by atoms with Gasteiger partial charge in [0.05, 0.1) is 6.17 Å². The van der Waals surface area contributed by atoms with Crippen molar-refractivity contribution in [2.75, 3.05) is 6.54 Å². The molecular weight excluding hydrogens is 104 g/mol. The van der Waals surface area contributed by atoms with Crippen LogP contribution in [0.2, 0.25) is 0 Å². The fourth-order valence-corrected chi connectivity index (χ4v) is 0.385. The summed E-state index contributed by atoms with van der Waals surface area (Å²) in [6.07, 6.45) is 0.260. The van der Waals surface area contributed by atoms with E-state index in [1.165, 1.54) is 0 Å². The fraction of sp³-hybridized carbons (Fsp3) is 1.00. The quantitative estimate of drug-likeness (QED) is 0.319. The van der Waals surface area contributed by atoms with Crippen molar-refractivity contribution in [3.8, 4) is 0 Å². The van der Waals surface area contributed by atoms with E-state index >= 15 is 0 Å². The topological polar surface area (TPSA) is 104 Å². The number of rotatable bonds is 3. The summed E-state index contributed by atoms with van der Waals surface area (Å²) >= 11 is 0. The summed E-state index contributed by atoms with van der Waals surface area (Å²) in [7, 11) is 0. The molecule has 0 amide bonds. The summed E-state index contributed by atoms with van der Waals surface area (Å²) in [5.74, 6) is 0. The van der Waals surface area contributed by atoms with E-state index in [2.05, 4.69) is 0 Å². The van der Waals surface area contributed by atoms with Crippen molar-refractivity contribution < 1.29 is 0 Å². The Hall–Kier alpha value is -0.160. The molecule has 0 fully saturated rings. The minimum Gasteiger partial charge on any atom is -0.330 e. The Kier molecular flexibility index (Phi) is 3.72. The van der Waals surface area contributed by atoms with Crippen molar-refractivity contribution >= 4 is 0 Å². The lowest BCUT2D eigenvalue weighted by Crippen LogP contribution is -2.48. The van der Waals surface area contributed by atoms with Gasteiger partial charge in [0.1, 0.15) is 0 Å². The second-order valence-corrected chi connectivity index (χ2v) is 1.82. The van der Waals surface area contributed by atoms with Crippen LogP contribution in [-0.4, -0.2) is 18.8 Å². The van der Waals surface area contributed by atoms with Crippen molar-refractivity contribution in [3.05, 3.63) is 0 Å². The Bertz CT molecular complexity index is 54.0. The third-order valence-electron chi connectivity index (χ3n) is 0.994. The maximum absolute atomic E-state index is 5.40. The van der Waals surface area contributed by atoms with E-state index in [1.54, 1.807) is 0 Å². The third kappa shape index (κ3) is 2.92. The lowest BCUT2D eigenvalue weighted by molar-refractivity contribution is 0.513. The first-order valence-electron chi connectivity index (χ1n) is 2.65. The molecule has 0 radical (unpaired) electrons. The zero-order valence-electron chi connectivity index (χ0n) is 4.88. The highest BCUT2D eigenvalue weighted by molar-refractivity contribution is 4.69. The molecule has 1 atom stereocenters. The largest absolute Gasteiger partial charge is 0.330 e. The van der Waals surface area contributed by atoms with E-state index < -0.39 is 6.17 Å². The minimum absolute atomic E-state index is 0.153. The van der Waals surface area contributed by atoms with Crippen LogP contribution in [-0.2, 0) is 0 Å². The summed E-state index contributed by atoms with van der Waals surface area (Å²) in [6.45, 7) is 0.548. The van der Waals surface area contributed by atoms with Gasteiger partial charge in [0.15, 0.2) is 0 Å². The SMILES string of the molecule is NCCC(N)C(N)N. The van der Waals surface area contributed by atoms with Gasteiger partial charge in [-0.15, -0.1) is 0 Å². The Morgan fingerprint density at radius 2 is 1.62 bits per heavy atom. The van der Waals surface area contributed by atoms with Crippen LogP contribution >= 0.6 is 0 Å². The maximum Gasteiger partial charge on any atom is 0.0677 e. The molecule has 0 aromatic carbocycles. The Labute approximate surface area is 49.2 Å². The molecule has 4 heteroatoms. The summed E-state index contributed by atoms with van der Waals surface area (Å²) in [5.41, 5.74) is 21.0. The smallest absolute Gasteiger partial charge is 0.0677 e. The number of hydrogen-bond acceptors (Lipinski definition) is 4. The van der Waals surface area contributed by atoms with Gasteiger partial charge >= 0.3 is 0 Å². The van der Waals surface area contributed by atoms with Crippen LogP contribution in [0.3, 0.4) is 0 Å². The lowest BCUT2D eigenvalue weighted by Gasteiger charge is -2.12. The summed E-state index contributed by atoms with van der Waals surface area (Å²) in [4.78, 5) is 0. The van der Waals surface area contributed by atoms with Gasteiger partial charge in [-0.05, 0) is 13.0 Å². The molecule has 0 aromatic heterocycles. The highest BCUT2D eigenvalue weighted by Crippen LogP contribution is 1.83. The first-order valence-corrected chi connectivity index (χ1v) is 2.65. The number of hydrogen-bond donors (Lipinski definition) is 4. The molecule has 50 valence electrons. The summed E-state index contributed by atoms with van der Waals surface area (Å²) in [5, 5.41) is 0. The van der Waals surface area contributed by atoms with Gasteiger partial charge in [0.2, 0.25) is 0 Å². The van der Waals surface area contributed by atoms with Crippen molar-refractivity contribution in [2.24, 2.45) is 22.9 Å². The van der Waals surface area contributed by atoms with Crippen LogP contribution in [0.25, 0.3) is 0 Å². The molecule has 0 heterocycles. The standard InChI is InChI=1S/C4H14N4/c5-2-1-3(6)4(7)8/h3-4H,1-2,5-8H2. The molecule has 8 N–H and O–H groups in total. The summed E-state index contributed by atoms with van der Waals surface area (Å²) < 4.78 is 0. The molecule has 0 saturated heterocycles. The molecule has 0 saturated carbocycles. The van der Waals surface area contributed by atoms with Gasteiger partial charge < -0.3 is 22.9 Å². The predicted octanol–water partition coefficient (Wildman–Crippen LogP) is -2.09. The second kappa shape index (κ2) is 3.80. The average molecular weight is 118 g/mol. The summed E-state index contributed by atoms with van der Waals surface area (Å²) in [6, 6.07) is -0.153. The van der Waals surface area contributed by atoms with E-state index in [0.717, 1.165) is 0 Å². The van der Waals surface area contributed by atoms with E-state index in [0.29, 0.717) is 13.0 Å². The molecule has 0 rings (SSSR count). The van der Waals surface area contributed by atoms with Gasteiger partial charge in [-0.25, -0.2) is 0 Å². The minimum atomic E-state index is -0.432. The fourth-order valence-electron chi connectivity index (χ4n) is 0.385. The van der Waals surface area contributed by atoms with Crippen LogP contribution in [0.5, 0.6) is 0 Å². The zero-order valence-corrected chi connectivity index (χ0v) is 4.88. The Balaban J connectivity index is 3.17. The molecule has 0 bridgehead atoms. The first kappa shape index (κ1) is 7.84. The second-order valence-electron chi connectivity index (χ2n) is 1.82. The maximum atomic E-state index is 5.40. The molecule has 0 spiro atoms. The van der Waals surface area contributed by atoms with Gasteiger partial charge in [-0.3, -0.25) is 0 Å². The van der Waals surface area contributed by atoms with E-state index in [-0.39, 0.29) is 6.04 Å². The molecule has 1 unspecified atom stereocenters. The van der Waals surface area contributed by atoms with Gasteiger partial charge in [-0.1, -0.05) is 0 Å². The Morgan fingerprint density at radius 3 is 1.75 bits per heavy atom. The number of nitrogens with two attached hydrogens (primary N) is 4. The highest BCUT2D eigenvalue weighted by Gasteiger charge is 2.04. The van der Waals surface area contributed by atoms with Crippen LogP contribution in [0.15, 0.2) is 0 Å². The molecule has 0 aliphatic rings. The molecule has 0 aliphatic carbocycles. The molecule has 0 aromatic rings. The lowest BCUT2D eigenvalue weighted by atomic mass is 10.2. The van der Waals surface area contributed by atoms with Crippen LogP contribution in [0, 0.1) is 0 Å². The van der Waals surface area contributed by atoms with E-state index in [4.69, 9.17) is 22.9 Å². The monoisotopic (exact) mass is 118 g/mol. The van der Waals surface area contributed by atoms with Crippen LogP contribution < -0.4 is 22.9 Å². The van der Waals surface area contributed by atoms with Crippen LogP contribution in [0.4, 0.5) is 0 Å². The van der Waals surface area contributed by atoms with Crippen molar-refractivity contribution in [1.82, 2.24) is 0 Å². The first-order chi connectivity index (χ1) is 3.68. The average Bonchev–Trinajstić information content (AvgIpc) is 1.67. The molecule has 4 nitrogen and oxygen atoms in total. The third-order valence-corrected chi connectivity index (χ3v) is 0.994.